The van der Waals surface area contributed by atoms with Crippen LogP contribution in [0, 0.1) is 22.7 Å². The van der Waals surface area contributed by atoms with Gasteiger partial charge in [-0.2, -0.15) is 0 Å². The predicted molar refractivity (Wildman–Crippen MR) is 184 cm³/mol. The molecule has 0 bridgehead atoms. The molecule has 3 aromatic carbocycles. The first kappa shape index (κ1) is 34.6. The van der Waals surface area contributed by atoms with Crippen LogP contribution in [0.15, 0.2) is 77.6 Å². The van der Waals surface area contributed by atoms with E-state index in [1.54, 1.807) is 77.3 Å². The maximum atomic E-state index is 14.5. The number of Topliss-reactive ketones (excluding diaryl/α,β-unsaturated/α-hetero) is 3. The highest BCUT2D eigenvalue weighted by Crippen LogP contribution is 2.65. The summed E-state index contributed by atoms with van der Waals surface area (Å²) >= 11 is 0. The Morgan fingerprint density at radius 3 is 2.12 bits per heavy atom. The van der Waals surface area contributed by atoms with E-state index >= 15 is 0 Å². The highest BCUT2D eigenvalue weighted by atomic mass is 16.5. The third-order valence-electron chi connectivity index (χ3n) is 10.8. The van der Waals surface area contributed by atoms with Crippen LogP contribution in [0.5, 0.6) is 17.2 Å². The van der Waals surface area contributed by atoms with Crippen molar-refractivity contribution in [2.45, 2.75) is 59.5 Å². The van der Waals surface area contributed by atoms with E-state index in [9.17, 15) is 39.6 Å². The number of phenolic OH excluding ortho intramolecular Hbond substituents is 1. The molecule has 3 aromatic rings. The van der Waals surface area contributed by atoms with Gasteiger partial charge in [0.25, 0.3) is 0 Å². The molecule has 0 spiro atoms. The Bertz CT molecular complexity index is 2020. The molecule has 4 N–H and O–H groups in total. The Hall–Kier alpha value is -5.22. The molecule has 0 saturated heterocycles. The van der Waals surface area contributed by atoms with Gasteiger partial charge in [-0.15, -0.1) is 0 Å². The number of aliphatic hydroxyl groups is 3. The second-order valence-electron chi connectivity index (χ2n) is 14.5. The van der Waals surface area contributed by atoms with E-state index in [1.807, 2.05) is 12.1 Å². The number of rotatable bonds is 7. The standard InChI is InChI=1S/C40H40O10/c1-20(2)32-34(44)30(21(3)41)36(46)40(48)37(47)33-35(45)31-27(18-38(33,4)19-39(32,40)5)26(15-16-28(31)42)23-9-7-22(8-10-23)17-29(43)50-25-13-11-24(49-6)12-14-25/h7-16,20,32,42,45-46,48H,17-19H2,1-6H3/t32?,38-,39-,40+/m1/s1. The molecule has 10 heteroatoms. The normalized spacial score (nSPS) is 26.0. The van der Waals surface area contributed by atoms with Crippen molar-refractivity contribution in [2.75, 3.05) is 7.11 Å². The number of fused-ring (bicyclic) bond motifs is 3. The molecule has 3 aliphatic carbocycles. The molecule has 0 heterocycles. The van der Waals surface area contributed by atoms with Crippen LogP contribution in [-0.2, 0) is 32.0 Å². The van der Waals surface area contributed by atoms with Crippen molar-refractivity contribution in [2.24, 2.45) is 22.7 Å². The molecule has 0 radical (unpaired) electrons. The molecule has 0 aromatic heterocycles. The second kappa shape index (κ2) is 12.0. The average Bonchev–Trinajstić information content (AvgIpc) is 3.03. The Morgan fingerprint density at radius 1 is 0.920 bits per heavy atom. The molecule has 260 valence electrons. The molecule has 1 unspecified atom stereocenters. The summed E-state index contributed by atoms with van der Waals surface area (Å²) in [5.41, 5.74) is -3.52. The zero-order valence-electron chi connectivity index (χ0n) is 28.8. The number of aromatic hydroxyl groups is 1. The number of hydrogen-bond donors (Lipinski definition) is 4. The zero-order valence-corrected chi connectivity index (χ0v) is 28.8. The monoisotopic (exact) mass is 680 g/mol. The topological polar surface area (TPSA) is 168 Å². The van der Waals surface area contributed by atoms with Crippen LogP contribution >= 0.6 is 0 Å². The highest BCUT2D eigenvalue weighted by Gasteiger charge is 2.72. The van der Waals surface area contributed by atoms with Gasteiger partial charge in [-0.25, -0.2) is 0 Å². The summed E-state index contributed by atoms with van der Waals surface area (Å²) in [6, 6.07) is 17.0. The number of ether oxygens (including phenoxy) is 2. The first-order valence-electron chi connectivity index (χ1n) is 16.5. The minimum atomic E-state index is -2.67. The Morgan fingerprint density at radius 2 is 1.54 bits per heavy atom. The Kier molecular flexibility index (Phi) is 8.30. The van der Waals surface area contributed by atoms with Gasteiger partial charge in [0.05, 0.1) is 19.1 Å². The van der Waals surface area contributed by atoms with Crippen molar-refractivity contribution in [3.05, 3.63) is 94.3 Å². The lowest BCUT2D eigenvalue weighted by Gasteiger charge is -2.59. The molecule has 1 fully saturated rings. The summed E-state index contributed by atoms with van der Waals surface area (Å²) in [6.45, 7) is 7.96. The van der Waals surface area contributed by atoms with Crippen LogP contribution in [0.3, 0.4) is 0 Å². The van der Waals surface area contributed by atoms with Gasteiger partial charge in [0.1, 0.15) is 34.3 Å². The lowest BCUT2D eigenvalue weighted by Crippen LogP contribution is -2.69. The van der Waals surface area contributed by atoms with Crippen LogP contribution in [0.25, 0.3) is 16.9 Å². The molecule has 50 heavy (non-hydrogen) atoms. The van der Waals surface area contributed by atoms with E-state index in [1.165, 1.54) is 6.07 Å². The summed E-state index contributed by atoms with van der Waals surface area (Å²) in [5.74, 6) is -5.09. The van der Waals surface area contributed by atoms with Crippen molar-refractivity contribution in [3.8, 4) is 28.4 Å². The predicted octanol–water partition coefficient (Wildman–Crippen LogP) is 6.01. The fourth-order valence-corrected chi connectivity index (χ4v) is 8.77. The van der Waals surface area contributed by atoms with Gasteiger partial charge in [0.15, 0.2) is 17.2 Å². The van der Waals surface area contributed by atoms with E-state index in [2.05, 4.69) is 0 Å². The largest absolute Gasteiger partial charge is 0.508 e. The fourth-order valence-electron chi connectivity index (χ4n) is 8.77. The number of ketones is 3. The Balaban J connectivity index is 1.39. The first-order valence-corrected chi connectivity index (χ1v) is 16.5. The lowest BCUT2D eigenvalue weighted by molar-refractivity contribution is -0.178. The van der Waals surface area contributed by atoms with Crippen molar-refractivity contribution >= 4 is 29.1 Å². The van der Waals surface area contributed by atoms with Gasteiger partial charge >= 0.3 is 5.97 Å². The van der Waals surface area contributed by atoms with Gasteiger partial charge in [-0.3, -0.25) is 19.2 Å². The number of benzene rings is 3. The van der Waals surface area contributed by atoms with Crippen molar-refractivity contribution in [3.63, 3.8) is 0 Å². The second-order valence-corrected chi connectivity index (χ2v) is 14.5. The highest BCUT2D eigenvalue weighted by molar-refractivity contribution is 6.24. The maximum absolute atomic E-state index is 14.5. The number of carbonyl (C=O) groups excluding carboxylic acids is 4. The number of carbonyl (C=O) groups is 4. The van der Waals surface area contributed by atoms with E-state index in [0.717, 1.165) is 12.5 Å². The van der Waals surface area contributed by atoms with E-state index in [4.69, 9.17) is 9.47 Å². The molecule has 1 saturated carbocycles. The van der Waals surface area contributed by atoms with Gasteiger partial charge in [0.2, 0.25) is 5.78 Å². The lowest BCUT2D eigenvalue weighted by atomic mass is 9.43. The number of allylic oxidation sites excluding steroid dienone is 1. The molecular weight excluding hydrogens is 640 g/mol. The Labute approximate surface area is 289 Å². The number of esters is 1. The molecule has 6 rings (SSSR count). The summed E-state index contributed by atoms with van der Waals surface area (Å²) in [6.07, 6.45) is 0.147. The molecule has 0 aliphatic heterocycles. The van der Waals surface area contributed by atoms with Gasteiger partial charge in [0, 0.05) is 22.3 Å². The maximum Gasteiger partial charge on any atom is 0.315 e. The van der Waals surface area contributed by atoms with E-state index < -0.39 is 68.7 Å². The van der Waals surface area contributed by atoms with Gasteiger partial charge < -0.3 is 29.9 Å². The number of aliphatic hydroxyl groups excluding tert-OH is 2. The number of hydrogen-bond acceptors (Lipinski definition) is 10. The third kappa shape index (κ3) is 5.04. The summed E-state index contributed by atoms with van der Waals surface area (Å²) in [4.78, 5) is 53.5. The first-order chi connectivity index (χ1) is 23.5. The van der Waals surface area contributed by atoms with Crippen LogP contribution in [0.1, 0.15) is 57.7 Å². The minimum Gasteiger partial charge on any atom is -0.508 e. The summed E-state index contributed by atoms with van der Waals surface area (Å²) in [5, 5.41) is 46.5. The van der Waals surface area contributed by atoms with Crippen LogP contribution in [-0.4, -0.2) is 56.5 Å². The number of phenols is 1. The quantitative estimate of drug-likeness (QED) is 0.132. The number of methoxy groups -OCH3 is 1. The zero-order chi connectivity index (χ0) is 36.5. The third-order valence-corrected chi connectivity index (χ3v) is 10.8. The van der Waals surface area contributed by atoms with E-state index in [-0.39, 0.29) is 36.1 Å². The molecule has 10 nitrogen and oxygen atoms in total. The van der Waals surface area contributed by atoms with E-state index in [0.29, 0.717) is 28.2 Å². The van der Waals surface area contributed by atoms with Crippen LogP contribution in [0.2, 0.25) is 0 Å². The van der Waals surface area contributed by atoms with Crippen LogP contribution < -0.4 is 9.47 Å². The summed E-state index contributed by atoms with van der Waals surface area (Å²) in [7, 11) is 1.55. The average molecular weight is 681 g/mol. The molecule has 0 amide bonds. The smallest absolute Gasteiger partial charge is 0.315 e. The summed E-state index contributed by atoms with van der Waals surface area (Å²) < 4.78 is 10.6. The fraction of sp³-hybridized carbons (Fsp3) is 0.350. The van der Waals surface area contributed by atoms with Crippen LogP contribution in [0.4, 0.5) is 0 Å². The molecule has 3 aliphatic rings. The SMILES string of the molecule is COc1ccc(OC(=O)Cc2ccc(-c3ccc(O)c4c3C[C@]3(C)C[C@]5(C)C(C(C)C)C(=O)C(C(C)=O)=C(O)[C@]5(O)C(=O)C3=C4O)cc2)cc1. The van der Waals surface area contributed by atoms with Gasteiger partial charge in [-0.05, 0) is 78.3 Å². The van der Waals surface area contributed by atoms with Crippen molar-refractivity contribution in [1.82, 2.24) is 0 Å². The van der Waals surface area contributed by atoms with Gasteiger partial charge in [-0.1, -0.05) is 58.0 Å². The van der Waals surface area contributed by atoms with Crippen molar-refractivity contribution < 1.29 is 49.1 Å². The van der Waals surface area contributed by atoms with Crippen molar-refractivity contribution in [1.29, 1.82) is 0 Å². The molecule has 4 atom stereocenters. The minimum absolute atomic E-state index is 0.00472. The molecular formula is C40H40O10.